The molecule has 2 nitrogen and oxygen atoms in total. The molecule has 0 spiro atoms. The second kappa shape index (κ2) is 5.70. The van der Waals surface area contributed by atoms with E-state index in [0.717, 1.165) is 6.54 Å². The first-order chi connectivity index (χ1) is 5.93. The lowest BCUT2D eigenvalue weighted by Gasteiger charge is -2.19. The lowest BCUT2D eigenvalue weighted by atomic mass is 10.2. The van der Waals surface area contributed by atoms with Crippen molar-refractivity contribution >= 4 is 0 Å². The molecule has 0 N–H and O–H groups in total. The van der Waals surface area contributed by atoms with Gasteiger partial charge in [-0.05, 0) is 18.6 Å². The second-order valence-electron chi connectivity index (χ2n) is 2.98. The monoisotopic (exact) mass is 167 g/mol. The Morgan fingerprint density at radius 1 is 1.17 bits per heavy atom. The van der Waals surface area contributed by atoms with Crippen molar-refractivity contribution in [3.8, 4) is 0 Å². The number of hydrogen-bond donors (Lipinski definition) is 0. The van der Waals surface area contributed by atoms with Crippen molar-refractivity contribution in [1.29, 1.82) is 0 Å². The summed E-state index contributed by atoms with van der Waals surface area (Å²) in [5, 5.41) is 1.87. The van der Waals surface area contributed by atoms with E-state index in [0.29, 0.717) is 0 Å². The van der Waals surface area contributed by atoms with Gasteiger partial charge < -0.3 is 4.84 Å². The van der Waals surface area contributed by atoms with Crippen molar-refractivity contribution in [3.05, 3.63) is 24.6 Å². The molecule has 1 rings (SSSR count). The summed E-state index contributed by atoms with van der Waals surface area (Å²) in [5.41, 5.74) is 0. The van der Waals surface area contributed by atoms with Crippen molar-refractivity contribution in [2.24, 2.45) is 0 Å². The number of allylic oxidation sites excluding steroid dienone is 2. The molecule has 0 aromatic heterocycles. The van der Waals surface area contributed by atoms with Gasteiger partial charge in [-0.25, -0.2) is 5.06 Å². The predicted molar refractivity (Wildman–Crippen MR) is 50.2 cm³/mol. The number of hydrogen-bond acceptors (Lipinski definition) is 2. The summed E-state index contributed by atoms with van der Waals surface area (Å²) in [7, 11) is 0. The fourth-order valence-electron chi connectivity index (χ4n) is 1.16. The Morgan fingerprint density at radius 2 is 2.08 bits per heavy atom. The number of nitrogens with zero attached hydrogens (tertiary/aromatic N) is 1. The first-order valence-corrected chi connectivity index (χ1v) is 4.70. The van der Waals surface area contributed by atoms with Gasteiger partial charge in [-0.15, -0.1) is 0 Å². The normalized spacial score (nSPS) is 14.9. The molecule has 0 amide bonds. The quantitative estimate of drug-likeness (QED) is 0.584. The van der Waals surface area contributed by atoms with Crippen molar-refractivity contribution in [3.63, 3.8) is 0 Å². The lowest BCUT2D eigenvalue weighted by Crippen LogP contribution is -2.17. The van der Waals surface area contributed by atoms with Crippen molar-refractivity contribution in [2.45, 2.75) is 32.6 Å². The zero-order valence-corrected chi connectivity index (χ0v) is 7.70. The smallest absolute Gasteiger partial charge is 0.119 e. The van der Waals surface area contributed by atoms with Gasteiger partial charge in [-0.2, -0.15) is 0 Å². The van der Waals surface area contributed by atoms with E-state index in [9.17, 15) is 0 Å². The van der Waals surface area contributed by atoms with Crippen molar-refractivity contribution in [1.82, 2.24) is 5.06 Å². The van der Waals surface area contributed by atoms with E-state index >= 15 is 0 Å². The van der Waals surface area contributed by atoms with Gasteiger partial charge in [0.15, 0.2) is 0 Å². The van der Waals surface area contributed by atoms with Gasteiger partial charge in [0, 0.05) is 6.20 Å². The average molecular weight is 167 g/mol. The highest BCUT2D eigenvalue weighted by atomic mass is 16.7. The standard InChI is InChI=1S/C10H17NO/c1-2-3-4-5-8-11-9-6-7-10-12-11/h6-7,9-10H,2-5,8H2,1H3. The van der Waals surface area contributed by atoms with Crippen LogP contribution in [0, 0.1) is 0 Å². The molecule has 1 heterocycles. The second-order valence-corrected chi connectivity index (χ2v) is 2.98. The largest absolute Gasteiger partial charge is 0.388 e. The zero-order chi connectivity index (χ0) is 8.65. The molecular weight excluding hydrogens is 150 g/mol. The van der Waals surface area contributed by atoms with Crippen LogP contribution in [0.4, 0.5) is 0 Å². The Labute approximate surface area is 74.5 Å². The van der Waals surface area contributed by atoms with Gasteiger partial charge in [0.05, 0.1) is 6.54 Å². The molecule has 1 aliphatic rings. The van der Waals surface area contributed by atoms with E-state index in [1.807, 2.05) is 23.4 Å². The summed E-state index contributed by atoms with van der Waals surface area (Å²) in [5.74, 6) is 0. The van der Waals surface area contributed by atoms with Crippen molar-refractivity contribution < 1.29 is 4.84 Å². The summed E-state index contributed by atoms with van der Waals surface area (Å²) >= 11 is 0. The van der Waals surface area contributed by atoms with E-state index in [1.165, 1.54) is 25.7 Å². The van der Waals surface area contributed by atoms with Crippen LogP contribution >= 0.6 is 0 Å². The minimum atomic E-state index is 1.00. The van der Waals surface area contributed by atoms with E-state index in [4.69, 9.17) is 4.84 Å². The highest BCUT2D eigenvalue weighted by Crippen LogP contribution is 2.05. The lowest BCUT2D eigenvalue weighted by molar-refractivity contribution is -0.0603. The van der Waals surface area contributed by atoms with Gasteiger partial charge in [-0.1, -0.05) is 26.2 Å². The fourth-order valence-corrected chi connectivity index (χ4v) is 1.16. The topological polar surface area (TPSA) is 12.5 Å². The molecule has 0 saturated carbocycles. The number of unbranched alkanes of at least 4 members (excludes halogenated alkanes) is 3. The first kappa shape index (κ1) is 9.17. The molecular formula is C10H17NO. The van der Waals surface area contributed by atoms with Crippen LogP contribution in [0.25, 0.3) is 0 Å². The molecule has 12 heavy (non-hydrogen) atoms. The highest BCUT2D eigenvalue weighted by Gasteiger charge is 1.98. The Balaban J connectivity index is 2.00. The summed E-state index contributed by atoms with van der Waals surface area (Å²) in [6.07, 6.45) is 12.7. The third kappa shape index (κ3) is 3.46. The molecule has 2 heteroatoms. The molecule has 68 valence electrons. The molecule has 0 atom stereocenters. The average Bonchev–Trinajstić information content (AvgIpc) is 2.14. The van der Waals surface area contributed by atoms with Crippen LogP contribution in [0.5, 0.6) is 0 Å². The first-order valence-electron chi connectivity index (χ1n) is 4.70. The summed E-state index contributed by atoms with van der Waals surface area (Å²) in [4.78, 5) is 5.22. The van der Waals surface area contributed by atoms with Crippen LogP contribution in [0.1, 0.15) is 32.6 Å². The summed E-state index contributed by atoms with van der Waals surface area (Å²) in [6.45, 7) is 3.22. The van der Waals surface area contributed by atoms with Crippen LogP contribution in [-0.2, 0) is 4.84 Å². The highest BCUT2D eigenvalue weighted by molar-refractivity contribution is 5.01. The predicted octanol–water partition coefficient (Wildman–Crippen LogP) is 2.84. The molecule has 1 aliphatic heterocycles. The Bertz CT molecular complexity index is 163. The maximum absolute atomic E-state index is 5.22. The SMILES string of the molecule is CCCCCCN1C=CC=CO1. The number of rotatable bonds is 5. The molecule has 0 unspecified atom stereocenters. The third-order valence-electron chi connectivity index (χ3n) is 1.87. The van der Waals surface area contributed by atoms with Gasteiger partial charge in [0.1, 0.15) is 6.26 Å². The van der Waals surface area contributed by atoms with Gasteiger partial charge in [0.25, 0.3) is 0 Å². The van der Waals surface area contributed by atoms with E-state index in [-0.39, 0.29) is 0 Å². The molecule has 0 aliphatic carbocycles. The van der Waals surface area contributed by atoms with Crippen molar-refractivity contribution in [2.75, 3.05) is 6.54 Å². The van der Waals surface area contributed by atoms with Crippen LogP contribution in [-0.4, -0.2) is 11.6 Å². The van der Waals surface area contributed by atoms with E-state index in [1.54, 1.807) is 6.26 Å². The molecule has 0 radical (unpaired) electrons. The molecule has 0 bridgehead atoms. The zero-order valence-electron chi connectivity index (χ0n) is 7.70. The Morgan fingerprint density at radius 3 is 2.75 bits per heavy atom. The molecule has 0 saturated heterocycles. The maximum atomic E-state index is 5.22. The summed E-state index contributed by atoms with van der Waals surface area (Å²) < 4.78 is 0. The summed E-state index contributed by atoms with van der Waals surface area (Å²) in [6, 6.07) is 0. The fraction of sp³-hybridized carbons (Fsp3) is 0.600. The Kier molecular flexibility index (Phi) is 4.35. The van der Waals surface area contributed by atoms with Crippen LogP contribution in [0.2, 0.25) is 0 Å². The minimum absolute atomic E-state index is 1.00. The maximum Gasteiger partial charge on any atom is 0.119 e. The molecule has 0 aromatic carbocycles. The van der Waals surface area contributed by atoms with Crippen LogP contribution < -0.4 is 0 Å². The third-order valence-corrected chi connectivity index (χ3v) is 1.87. The van der Waals surface area contributed by atoms with Crippen LogP contribution in [0.3, 0.4) is 0 Å². The number of hydroxylamine groups is 2. The van der Waals surface area contributed by atoms with Gasteiger partial charge >= 0.3 is 0 Å². The molecule has 0 fully saturated rings. The van der Waals surface area contributed by atoms with E-state index < -0.39 is 0 Å². The Hall–Kier alpha value is -0.920. The van der Waals surface area contributed by atoms with Crippen LogP contribution in [0.15, 0.2) is 24.6 Å². The van der Waals surface area contributed by atoms with Gasteiger partial charge in [-0.3, -0.25) is 0 Å². The molecule has 0 aromatic rings. The van der Waals surface area contributed by atoms with Gasteiger partial charge in [0.2, 0.25) is 0 Å². The minimum Gasteiger partial charge on any atom is -0.388 e. The van der Waals surface area contributed by atoms with E-state index in [2.05, 4.69) is 6.92 Å².